The highest BCUT2D eigenvalue weighted by atomic mass is 32.2. The maximum atomic E-state index is 12.5. The van der Waals surface area contributed by atoms with Gasteiger partial charge in [-0.05, 0) is 63.9 Å². The van der Waals surface area contributed by atoms with Crippen LogP contribution in [-0.4, -0.2) is 50.4 Å². The largest absolute Gasteiger partial charge is 0.355 e. The second-order valence-corrected chi connectivity index (χ2v) is 10.7. The van der Waals surface area contributed by atoms with Gasteiger partial charge < -0.3 is 5.32 Å². The van der Waals surface area contributed by atoms with Crippen LogP contribution in [0.1, 0.15) is 34.7 Å². The molecule has 1 aliphatic rings. The van der Waals surface area contributed by atoms with Crippen LogP contribution in [0.25, 0.3) is 0 Å². The molecular formula is C21H30N4O3S2. The topological polar surface area (TPSA) is 91.4 Å². The first-order chi connectivity index (χ1) is 14.2. The molecule has 1 aromatic carbocycles. The minimum atomic E-state index is -3.58. The van der Waals surface area contributed by atoms with Gasteiger partial charge in [0, 0.05) is 30.9 Å². The number of benzene rings is 1. The van der Waals surface area contributed by atoms with Crippen molar-refractivity contribution >= 4 is 27.3 Å². The SMILES string of the molecule is Cc1ccc(C)c(S(=O)(=O)NCCNC(=O)C2CCN(Cc3csc(C)n3)CC2)c1. The summed E-state index contributed by atoms with van der Waals surface area (Å²) in [7, 11) is -3.58. The summed E-state index contributed by atoms with van der Waals surface area (Å²) >= 11 is 1.66. The molecule has 1 saturated heterocycles. The van der Waals surface area contributed by atoms with Gasteiger partial charge in [-0.1, -0.05) is 12.1 Å². The summed E-state index contributed by atoms with van der Waals surface area (Å²) in [5, 5.41) is 6.04. The average Bonchev–Trinajstić information content (AvgIpc) is 3.12. The number of hydrogen-bond acceptors (Lipinski definition) is 6. The van der Waals surface area contributed by atoms with Crippen molar-refractivity contribution in [1.29, 1.82) is 0 Å². The van der Waals surface area contributed by atoms with E-state index in [0.717, 1.165) is 48.7 Å². The molecule has 1 aromatic heterocycles. The van der Waals surface area contributed by atoms with Crippen molar-refractivity contribution in [3.63, 3.8) is 0 Å². The van der Waals surface area contributed by atoms with E-state index in [1.165, 1.54) is 0 Å². The molecule has 3 rings (SSSR count). The lowest BCUT2D eigenvalue weighted by Gasteiger charge is -2.30. The summed E-state index contributed by atoms with van der Waals surface area (Å²) in [6.45, 7) is 8.66. The molecule has 0 atom stereocenters. The lowest BCUT2D eigenvalue weighted by molar-refractivity contribution is -0.126. The molecule has 0 unspecified atom stereocenters. The molecule has 9 heteroatoms. The number of nitrogens with one attached hydrogen (secondary N) is 2. The first-order valence-electron chi connectivity index (χ1n) is 10.2. The number of hydrogen-bond donors (Lipinski definition) is 2. The number of carbonyl (C=O) groups is 1. The standard InChI is InChI=1S/C21H30N4O3S2/c1-15-4-5-16(2)20(12-15)30(27,28)23-9-8-22-21(26)18-6-10-25(11-7-18)13-19-14-29-17(3)24-19/h4-5,12,14,18,23H,6-11,13H2,1-3H3,(H,22,26). The van der Waals surface area contributed by atoms with Gasteiger partial charge in [0.05, 0.1) is 15.6 Å². The smallest absolute Gasteiger partial charge is 0.240 e. The fourth-order valence-corrected chi connectivity index (χ4v) is 5.62. The number of thiazole rings is 1. The van der Waals surface area contributed by atoms with Crippen LogP contribution in [0.3, 0.4) is 0 Å². The third kappa shape index (κ3) is 6.10. The Balaban J connectivity index is 1.39. The number of sulfonamides is 1. The lowest BCUT2D eigenvalue weighted by Crippen LogP contribution is -2.42. The lowest BCUT2D eigenvalue weighted by atomic mass is 9.96. The zero-order chi connectivity index (χ0) is 21.7. The predicted octanol–water partition coefficient (Wildman–Crippen LogP) is 2.38. The number of aryl methyl sites for hydroxylation is 3. The Bertz CT molecular complexity index is 980. The highest BCUT2D eigenvalue weighted by Crippen LogP contribution is 2.20. The first-order valence-corrected chi connectivity index (χ1v) is 12.6. The van der Waals surface area contributed by atoms with E-state index in [-0.39, 0.29) is 29.8 Å². The quantitative estimate of drug-likeness (QED) is 0.603. The molecule has 30 heavy (non-hydrogen) atoms. The van der Waals surface area contributed by atoms with E-state index in [1.54, 1.807) is 30.4 Å². The first kappa shape index (κ1) is 22.9. The normalized spacial score (nSPS) is 16.0. The van der Waals surface area contributed by atoms with E-state index in [0.29, 0.717) is 5.56 Å². The van der Waals surface area contributed by atoms with Crippen LogP contribution in [0.15, 0.2) is 28.5 Å². The highest BCUT2D eigenvalue weighted by molar-refractivity contribution is 7.89. The molecule has 0 radical (unpaired) electrons. The van der Waals surface area contributed by atoms with Crippen LogP contribution in [0.5, 0.6) is 0 Å². The number of piperidine rings is 1. The van der Waals surface area contributed by atoms with Crippen molar-refractivity contribution in [2.45, 2.75) is 45.1 Å². The van der Waals surface area contributed by atoms with Gasteiger partial charge in [-0.2, -0.15) is 0 Å². The number of amides is 1. The number of carbonyl (C=O) groups excluding carboxylic acids is 1. The van der Waals surface area contributed by atoms with Crippen molar-refractivity contribution in [2.24, 2.45) is 5.92 Å². The maximum absolute atomic E-state index is 12.5. The van der Waals surface area contributed by atoms with Gasteiger partial charge in [-0.15, -0.1) is 11.3 Å². The molecule has 0 aliphatic carbocycles. The van der Waals surface area contributed by atoms with Crippen molar-refractivity contribution in [1.82, 2.24) is 19.9 Å². The van der Waals surface area contributed by atoms with Gasteiger partial charge in [0.15, 0.2) is 0 Å². The van der Waals surface area contributed by atoms with Crippen molar-refractivity contribution in [3.8, 4) is 0 Å². The fourth-order valence-electron chi connectivity index (χ4n) is 3.65. The maximum Gasteiger partial charge on any atom is 0.240 e. The predicted molar refractivity (Wildman–Crippen MR) is 119 cm³/mol. The second kappa shape index (κ2) is 10.00. The minimum Gasteiger partial charge on any atom is -0.355 e. The molecule has 0 bridgehead atoms. The summed E-state index contributed by atoms with van der Waals surface area (Å²) in [6.07, 6.45) is 1.62. The summed E-state index contributed by atoms with van der Waals surface area (Å²) in [4.78, 5) is 19.6. The summed E-state index contributed by atoms with van der Waals surface area (Å²) < 4.78 is 27.6. The van der Waals surface area contributed by atoms with Gasteiger partial charge in [-0.3, -0.25) is 9.69 Å². The van der Waals surface area contributed by atoms with Gasteiger partial charge in [0.1, 0.15) is 0 Å². The Morgan fingerprint density at radius 1 is 1.20 bits per heavy atom. The fraction of sp³-hybridized carbons (Fsp3) is 0.524. The van der Waals surface area contributed by atoms with Crippen LogP contribution in [0.4, 0.5) is 0 Å². The molecule has 1 aliphatic heterocycles. The highest BCUT2D eigenvalue weighted by Gasteiger charge is 2.25. The van der Waals surface area contributed by atoms with Gasteiger partial charge >= 0.3 is 0 Å². The van der Waals surface area contributed by atoms with Gasteiger partial charge in [0.2, 0.25) is 15.9 Å². The Hall–Kier alpha value is -1.81. The van der Waals surface area contributed by atoms with Crippen LogP contribution in [-0.2, 0) is 21.4 Å². The van der Waals surface area contributed by atoms with Crippen LogP contribution >= 0.6 is 11.3 Å². The average molecular weight is 451 g/mol. The Kier molecular flexibility index (Phi) is 7.62. The molecule has 164 valence electrons. The zero-order valence-electron chi connectivity index (χ0n) is 17.8. The third-order valence-electron chi connectivity index (χ3n) is 5.36. The number of aromatic nitrogens is 1. The molecule has 2 heterocycles. The zero-order valence-corrected chi connectivity index (χ0v) is 19.4. The van der Waals surface area contributed by atoms with Crippen LogP contribution in [0, 0.1) is 26.7 Å². The third-order valence-corrected chi connectivity index (χ3v) is 7.79. The molecule has 0 saturated carbocycles. The summed E-state index contributed by atoms with van der Waals surface area (Å²) in [5.74, 6) is -0.0147. The monoisotopic (exact) mass is 450 g/mol. The molecule has 1 fully saturated rings. The van der Waals surface area contributed by atoms with Crippen LogP contribution < -0.4 is 10.0 Å². The molecule has 1 amide bonds. The van der Waals surface area contributed by atoms with Crippen molar-refractivity contribution < 1.29 is 13.2 Å². The molecule has 2 aromatic rings. The number of nitrogens with zero attached hydrogens (tertiary/aromatic N) is 2. The van der Waals surface area contributed by atoms with E-state index in [4.69, 9.17) is 0 Å². The Morgan fingerprint density at radius 2 is 1.93 bits per heavy atom. The van der Waals surface area contributed by atoms with Crippen molar-refractivity contribution in [2.75, 3.05) is 26.2 Å². The Morgan fingerprint density at radius 3 is 2.60 bits per heavy atom. The van der Waals surface area contributed by atoms with Gasteiger partial charge in [-0.25, -0.2) is 18.1 Å². The number of likely N-dealkylation sites (tertiary alicyclic amines) is 1. The summed E-state index contributed by atoms with van der Waals surface area (Å²) in [5.41, 5.74) is 2.69. The van der Waals surface area contributed by atoms with E-state index >= 15 is 0 Å². The van der Waals surface area contributed by atoms with E-state index in [1.807, 2.05) is 19.9 Å². The van der Waals surface area contributed by atoms with E-state index in [9.17, 15) is 13.2 Å². The van der Waals surface area contributed by atoms with Crippen molar-refractivity contribution in [3.05, 3.63) is 45.4 Å². The molecular weight excluding hydrogens is 420 g/mol. The number of rotatable bonds is 8. The Labute approximate surface area is 183 Å². The van der Waals surface area contributed by atoms with Gasteiger partial charge in [0.25, 0.3) is 0 Å². The van der Waals surface area contributed by atoms with E-state index < -0.39 is 10.0 Å². The molecule has 0 spiro atoms. The van der Waals surface area contributed by atoms with Crippen LogP contribution in [0.2, 0.25) is 0 Å². The summed E-state index contributed by atoms with van der Waals surface area (Å²) in [6, 6.07) is 5.35. The minimum absolute atomic E-state index is 0.00471. The van der Waals surface area contributed by atoms with E-state index in [2.05, 4.69) is 25.3 Å². The molecule has 7 nitrogen and oxygen atoms in total. The second-order valence-electron chi connectivity index (χ2n) is 7.87. The molecule has 2 N–H and O–H groups in total.